The number of amides is 2. The van der Waals surface area contributed by atoms with Crippen molar-refractivity contribution in [1.82, 2.24) is 0 Å². The van der Waals surface area contributed by atoms with Crippen LogP contribution in [0.2, 0.25) is 0 Å². The number of benzene rings is 3. The highest BCUT2D eigenvalue weighted by atomic mass is 19.1. The second kappa shape index (κ2) is 9.92. The molecule has 2 amide bonds. The van der Waals surface area contributed by atoms with E-state index in [1.807, 2.05) is 18.2 Å². The predicted octanol–water partition coefficient (Wildman–Crippen LogP) is 4.84. The monoisotopic (exact) mass is 430 g/mol. The number of hydrogen-bond donors (Lipinski definition) is 1. The summed E-state index contributed by atoms with van der Waals surface area (Å²) in [4.78, 5) is 26.5. The molecule has 3 aromatic rings. The van der Waals surface area contributed by atoms with Crippen LogP contribution in [0.15, 0.2) is 78.9 Å². The van der Waals surface area contributed by atoms with E-state index in [-0.39, 0.29) is 24.2 Å². The first kappa shape index (κ1) is 21.3. The maximum atomic E-state index is 13.0. The van der Waals surface area contributed by atoms with Crippen molar-refractivity contribution in [3.63, 3.8) is 0 Å². The zero-order valence-corrected chi connectivity index (χ0v) is 17.5. The van der Waals surface area contributed by atoms with Crippen LogP contribution in [0.1, 0.15) is 17.5 Å². The van der Waals surface area contributed by atoms with E-state index in [1.165, 1.54) is 23.8 Å². The van der Waals surface area contributed by atoms with Crippen LogP contribution in [0.5, 0.6) is 5.75 Å². The molecule has 0 atom stereocenters. The molecule has 3 aromatic carbocycles. The first-order chi connectivity index (χ1) is 15.6. The Balaban J connectivity index is 1.42. The van der Waals surface area contributed by atoms with E-state index in [4.69, 9.17) is 4.74 Å². The molecule has 6 heteroatoms. The van der Waals surface area contributed by atoms with Crippen LogP contribution in [-0.4, -0.2) is 25.0 Å². The number of carbonyl (C=O) groups is 2. The summed E-state index contributed by atoms with van der Waals surface area (Å²) in [7, 11) is 0. The Hall–Kier alpha value is -3.93. The Morgan fingerprint density at radius 2 is 1.84 bits per heavy atom. The number of nitrogens with zero attached hydrogens (tertiary/aromatic N) is 1. The number of fused-ring (bicyclic) bond motifs is 1. The van der Waals surface area contributed by atoms with Gasteiger partial charge in [-0.05, 0) is 60.4 Å². The molecule has 0 saturated carbocycles. The number of halogens is 1. The van der Waals surface area contributed by atoms with Crippen molar-refractivity contribution in [2.45, 2.75) is 12.8 Å². The lowest BCUT2D eigenvalue weighted by Gasteiger charge is -2.30. The Kier molecular flexibility index (Phi) is 6.60. The molecule has 32 heavy (non-hydrogen) atoms. The van der Waals surface area contributed by atoms with Gasteiger partial charge < -0.3 is 15.0 Å². The molecular formula is C26H23FN2O3. The maximum absolute atomic E-state index is 13.0. The van der Waals surface area contributed by atoms with Gasteiger partial charge in [0.1, 0.15) is 11.6 Å². The number of rotatable bonds is 7. The van der Waals surface area contributed by atoms with Crippen molar-refractivity contribution in [3.05, 3.63) is 95.8 Å². The van der Waals surface area contributed by atoms with E-state index in [1.54, 1.807) is 41.3 Å². The minimum atomic E-state index is -0.328. The highest BCUT2D eigenvalue weighted by Crippen LogP contribution is 2.34. The van der Waals surface area contributed by atoms with Gasteiger partial charge >= 0.3 is 0 Å². The lowest BCUT2D eigenvalue weighted by atomic mass is 10.1. The standard InChI is InChI=1S/C26H23FN2O3/c27-21-11-8-20(9-12-21)10-15-25(30)28-22-13-14-24-23(17-22)29(26(31)18-32-24)16-4-7-19-5-2-1-3-6-19/h1-3,5-6,8-15,17H,4,7,16,18H2,(H,28,30)/b15-10+. The van der Waals surface area contributed by atoms with Gasteiger partial charge in [-0.15, -0.1) is 0 Å². The number of anilines is 2. The van der Waals surface area contributed by atoms with E-state index in [0.717, 1.165) is 18.4 Å². The molecule has 162 valence electrons. The normalized spacial score (nSPS) is 13.0. The van der Waals surface area contributed by atoms with Crippen molar-refractivity contribution in [1.29, 1.82) is 0 Å². The van der Waals surface area contributed by atoms with Crippen molar-refractivity contribution in [2.75, 3.05) is 23.4 Å². The van der Waals surface area contributed by atoms with Gasteiger partial charge in [0.15, 0.2) is 6.61 Å². The third kappa shape index (κ3) is 5.40. The number of ether oxygens (including phenoxy) is 1. The fourth-order valence-electron chi connectivity index (χ4n) is 3.54. The van der Waals surface area contributed by atoms with Crippen LogP contribution >= 0.6 is 0 Å². The first-order valence-electron chi connectivity index (χ1n) is 10.4. The third-order valence-electron chi connectivity index (χ3n) is 5.16. The van der Waals surface area contributed by atoms with Gasteiger partial charge in [-0.3, -0.25) is 9.59 Å². The SMILES string of the molecule is O=C(/C=C/c1ccc(F)cc1)Nc1ccc2c(c1)N(CCCc1ccccc1)C(=O)CO2. The summed E-state index contributed by atoms with van der Waals surface area (Å²) in [6.07, 6.45) is 4.67. The van der Waals surface area contributed by atoms with Crippen molar-refractivity contribution < 1.29 is 18.7 Å². The number of aryl methyl sites for hydroxylation is 1. The topological polar surface area (TPSA) is 58.6 Å². The van der Waals surface area contributed by atoms with E-state index in [0.29, 0.717) is 23.7 Å². The zero-order chi connectivity index (χ0) is 22.3. The van der Waals surface area contributed by atoms with Crippen LogP contribution in [0.3, 0.4) is 0 Å². The Morgan fingerprint density at radius 1 is 1.06 bits per heavy atom. The minimum absolute atomic E-state index is 0.00442. The smallest absolute Gasteiger partial charge is 0.265 e. The second-order valence-corrected chi connectivity index (χ2v) is 7.48. The summed E-state index contributed by atoms with van der Waals surface area (Å²) in [6, 6.07) is 21.2. The fourth-order valence-corrected chi connectivity index (χ4v) is 3.54. The van der Waals surface area contributed by atoms with E-state index in [2.05, 4.69) is 17.4 Å². The number of carbonyl (C=O) groups excluding carboxylic acids is 2. The van der Waals surface area contributed by atoms with Gasteiger partial charge in [-0.1, -0.05) is 42.5 Å². The van der Waals surface area contributed by atoms with Crippen molar-refractivity contribution >= 4 is 29.3 Å². The summed E-state index contributed by atoms with van der Waals surface area (Å²) < 4.78 is 18.5. The molecule has 1 aliphatic heterocycles. The Bertz CT molecular complexity index is 1130. The van der Waals surface area contributed by atoms with Crippen LogP contribution < -0.4 is 15.0 Å². The van der Waals surface area contributed by atoms with Crippen LogP contribution in [-0.2, 0) is 16.0 Å². The van der Waals surface area contributed by atoms with E-state index < -0.39 is 0 Å². The number of hydrogen-bond acceptors (Lipinski definition) is 3. The van der Waals surface area contributed by atoms with Gasteiger partial charge in [-0.2, -0.15) is 0 Å². The van der Waals surface area contributed by atoms with Gasteiger partial charge in [0, 0.05) is 18.3 Å². The molecule has 0 unspecified atom stereocenters. The lowest BCUT2D eigenvalue weighted by Crippen LogP contribution is -2.39. The maximum Gasteiger partial charge on any atom is 0.265 e. The summed E-state index contributed by atoms with van der Waals surface area (Å²) in [6.45, 7) is 0.566. The summed E-state index contributed by atoms with van der Waals surface area (Å²) in [5, 5.41) is 2.80. The Labute approximate surface area is 186 Å². The average molecular weight is 430 g/mol. The zero-order valence-electron chi connectivity index (χ0n) is 17.5. The fraction of sp³-hybridized carbons (Fsp3) is 0.154. The molecule has 0 spiro atoms. The second-order valence-electron chi connectivity index (χ2n) is 7.48. The molecule has 1 heterocycles. The van der Waals surface area contributed by atoms with Gasteiger partial charge in [0.2, 0.25) is 5.91 Å². The molecule has 5 nitrogen and oxygen atoms in total. The van der Waals surface area contributed by atoms with Crippen molar-refractivity contribution in [2.24, 2.45) is 0 Å². The molecule has 0 fully saturated rings. The predicted molar refractivity (Wildman–Crippen MR) is 123 cm³/mol. The third-order valence-corrected chi connectivity index (χ3v) is 5.16. The molecule has 4 rings (SSSR count). The summed E-state index contributed by atoms with van der Waals surface area (Å²) >= 11 is 0. The van der Waals surface area contributed by atoms with Gasteiger partial charge in [-0.25, -0.2) is 4.39 Å². The first-order valence-corrected chi connectivity index (χ1v) is 10.4. The highest BCUT2D eigenvalue weighted by Gasteiger charge is 2.25. The summed E-state index contributed by atoms with van der Waals surface area (Å²) in [5.41, 5.74) is 3.15. The molecule has 0 radical (unpaired) electrons. The highest BCUT2D eigenvalue weighted by molar-refractivity contribution is 6.03. The van der Waals surface area contributed by atoms with Gasteiger partial charge in [0.25, 0.3) is 5.91 Å². The van der Waals surface area contributed by atoms with Gasteiger partial charge in [0.05, 0.1) is 5.69 Å². The van der Waals surface area contributed by atoms with Crippen molar-refractivity contribution in [3.8, 4) is 5.75 Å². The molecular weight excluding hydrogens is 407 g/mol. The average Bonchev–Trinajstić information content (AvgIpc) is 2.81. The lowest BCUT2D eigenvalue weighted by molar-refractivity contribution is -0.121. The minimum Gasteiger partial charge on any atom is -0.482 e. The van der Waals surface area contributed by atoms with E-state index >= 15 is 0 Å². The van der Waals surface area contributed by atoms with Crippen LogP contribution in [0, 0.1) is 5.82 Å². The van der Waals surface area contributed by atoms with Crippen LogP contribution in [0.4, 0.5) is 15.8 Å². The quantitative estimate of drug-likeness (QED) is 0.546. The molecule has 0 bridgehead atoms. The molecule has 0 saturated heterocycles. The molecule has 1 N–H and O–H groups in total. The molecule has 0 aliphatic carbocycles. The molecule has 0 aromatic heterocycles. The number of nitrogens with one attached hydrogen (secondary N) is 1. The summed E-state index contributed by atoms with van der Waals surface area (Å²) in [5.74, 6) is -0.145. The van der Waals surface area contributed by atoms with Crippen LogP contribution in [0.25, 0.3) is 6.08 Å². The largest absolute Gasteiger partial charge is 0.482 e. The Morgan fingerprint density at radius 3 is 2.62 bits per heavy atom. The molecule has 1 aliphatic rings. The van der Waals surface area contributed by atoms with E-state index in [9.17, 15) is 14.0 Å².